The lowest BCUT2D eigenvalue weighted by Gasteiger charge is -2.28. The molecule has 16 heavy (non-hydrogen) atoms. The average molecular weight is 231 g/mol. The first-order valence-corrected chi connectivity index (χ1v) is 4.98. The Morgan fingerprint density at radius 1 is 1.44 bits per heavy atom. The molecule has 0 radical (unpaired) electrons. The van der Waals surface area contributed by atoms with E-state index in [1.807, 2.05) is 6.92 Å². The summed E-state index contributed by atoms with van der Waals surface area (Å²) < 4.78 is 37.3. The standard InChI is InChI=1S/C10H12F3N3/c1-5-4-6(14)9-7(15-5)2-3-8(16-9)10(11,12)13/h2-3,5-6,15H,4,14H2,1H3/t5-,6-/m0/s1. The van der Waals surface area contributed by atoms with Crippen molar-refractivity contribution >= 4 is 5.69 Å². The normalized spacial score (nSPS) is 24.8. The van der Waals surface area contributed by atoms with Gasteiger partial charge in [-0.25, -0.2) is 4.98 Å². The molecule has 6 heteroatoms. The van der Waals surface area contributed by atoms with Crippen LogP contribution in [0.25, 0.3) is 0 Å². The van der Waals surface area contributed by atoms with Crippen molar-refractivity contribution in [2.24, 2.45) is 5.73 Å². The maximum atomic E-state index is 12.4. The van der Waals surface area contributed by atoms with Crippen molar-refractivity contribution in [3.8, 4) is 0 Å². The molecule has 2 rings (SSSR count). The average Bonchev–Trinajstić information content (AvgIpc) is 2.15. The van der Waals surface area contributed by atoms with Crippen molar-refractivity contribution in [2.75, 3.05) is 5.32 Å². The fourth-order valence-electron chi connectivity index (χ4n) is 1.85. The van der Waals surface area contributed by atoms with Crippen LogP contribution in [0.3, 0.4) is 0 Å². The third kappa shape index (κ3) is 1.97. The third-order valence-corrected chi connectivity index (χ3v) is 2.58. The molecular weight excluding hydrogens is 219 g/mol. The Hall–Kier alpha value is -1.30. The SMILES string of the molecule is C[C@H]1C[C@H](N)c2nc(C(F)(F)F)ccc2N1. The Morgan fingerprint density at radius 3 is 2.75 bits per heavy atom. The minimum atomic E-state index is -4.42. The Bertz CT molecular complexity index is 403. The maximum Gasteiger partial charge on any atom is 0.433 e. The Labute approximate surface area is 90.9 Å². The van der Waals surface area contributed by atoms with E-state index in [4.69, 9.17) is 5.73 Å². The number of hydrogen-bond donors (Lipinski definition) is 2. The second-order valence-corrected chi connectivity index (χ2v) is 4.01. The maximum absolute atomic E-state index is 12.4. The summed E-state index contributed by atoms with van der Waals surface area (Å²) in [7, 11) is 0. The van der Waals surface area contributed by atoms with E-state index in [1.54, 1.807) is 0 Å². The highest BCUT2D eigenvalue weighted by Crippen LogP contribution is 2.34. The van der Waals surface area contributed by atoms with Gasteiger partial charge >= 0.3 is 6.18 Å². The molecule has 0 aromatic carbocycles. The summed E-state index contributed by atoms with van der Waals surface area (Å²) in [5.74, 6) is 0. The van der Waals surface area contributed by atoms with Crippen LogP contribution in [0.1, 0.15) is 30.8 Å². The number of nitrogens with zero attached hydrogens (tertiary/aromatic N) is 1. The van der Waals surface area contributed by atoms with Crippen molar-refractivity contribution < 1.29 is 13.2 Å². The van der Waals surface area contributed by atoms with Crippen molar-refractivity contribution in [1.82, 2.24) is 4.98 Å². The van der Waals surface area contributed by atoms with Gasteiger partial charge in [-0.15, -0.1) is 0 Å². The molecule has 1 aromatic heterocycles. The van der Waals surface area contributed by atoms with Crippen LogP contribution in [0.4, 0.5) is 18.9 Å². The summed E-state index contributed by atoms with van der Waals surface area (Å²) >= 11 is 0. The molecule has 1 aliphatic heterocycles. The smallest absolute Gasteiger partial charge is 0.381 e. The molecule has 1 aromatic rings. The van der Waals surface area contributed by atoms with E-state index in [1.165, 1.54) is 6.07 Å². The van der Waals surface area contributed by atoms with Crippen molar-refractivity contribution in [3.05, 3.63) is 23.5 Å². The van der Waals surface area contributed by atoms with Gasteiger partial charge in [-0.05, 0) is 25.5 Å². The highest BCUT2D eigenvalue weighted by atomic mass is 19.4. The van der Waals surface area contributed by atoms with Gasteiger partial charge in [0.25, 0.3) is 0 Å². The molecule has 88 valence electrons. The molecule has 1 aliphatic rings. The lowest BCUT2D eigenvalue weighted by Crippen LogP contribution is -2.31. The number of hydrogen-bond acceptors (Lipinski definition) is 3. The summed E-state index contributed by atoms with van der Waals surface area (Å²) in [5.41, 5.74) is 5.78. The minimum Gasteiger partial charge on any atom is -0.381 e. The molecule has 2 atom stereocenters. The number of nitrogens with two attached hydrogens (primary N) is 1. The van der Waals surface area contributed by atoms with Gasteiger partial charge in [0.05, 0.1) is 17.4 Å². The number of aromatic nitrogens is 1. The molecule has 3 nitrogen and oxygen atoms in total. The molecule has 0 aliphatic carbocycles. The second-order valence-electron chi connectivity index (χ2n) is 4.01. The lowest BCUT2D eigenvalue weighted by molar-refractivity contribution is -0.141. The number of nitrogens with one attached hydrogen (secondary N) is 1. The summed E-state index contributed by atoms with van der Waals surface area (Å²) in [5, 5.41) is 3.06. The number of fused-ring (bicyclic) bond motifs is 1. The zero-order valence-corrected chi connectivity index (χ0v) is 8.67. The first-order valence-electron chi connectivity index (χ1n) is 4.98. The van der Waals surface area contributed by atoms with E-state index >= 15 is 0 Å². The number of halogens is 3. The lowest BCUT2D eigenvalue weighted by atomic mass is 9.99. The van der Waals surface area contributed by atoms with Gasteiger partial charge in [0.1, 0.15) is 5.69 Å². The van der Waals surface area contributed by atoms with Crippen molar-refractivity contribution in [3.63, 3.8) is 0 Å². The van der Waals surface area contributed by atoms with Crippen LogP contribution in [-0.4, -0.2) is 11.0 Å². The van der Waals surface area contributed by atoms with Gasteiger partial charge in [0.2, 0.25) is 0 Å². The van der Waals surface area contributed by atoms with Crippen LogP contribution < -0.4 is 11.1 Å². The molecule has 0 unspecified atom stereocenters. The van der Waals surface area contributed by atoms with Gasteiger partial charge in [-0.2, -0.15) is 13.2 Å². The Kier molecular flexibility index (Phi) is 2.53. The molecule has 2 heterocycles. The van der Waals surface area contributed by atoms with Crippen LogP contribution in [0.5, 0.6) is 0 Å². The molecule has 0 saturated carbocycles. The molecule has 0 bridgehead atoms. The Balaban J connectivity index is 2.42. The summed E-state index contributed by atoms with van der Waals surface area (Å²) in [4.78, 5) is 3.59. The van der Waals surface area contributed by atoms with Crippen LogP contribution >= 0.6 is 0 Å². The van der Waals surface area contributed by atoms with Gasteiger partial charge in [0, 0.05) is 6.04 Å². The largest absolute Gasteiger partial charge is 0.433 e. The van der Waals surface area contributed by atoms with E-state index in [9.17, 15) is 13.2 Å². The summed E-state index contributed by atoms with van der Waals surface area (Å²) in [6, 6.07) is 2.08. The Morgan fingerprint density at radius 2 is 2.12 bits per heavy atom. The predicted molar refractivity (Wildman–Crippen MR) is 53.9 cm³/mol. The first kappa shape index (κ1) is 11.2. The zero-order chi connectivity index (χ0) is 11.9. The van der Waals surface area contributed by atoms with Gasteiger partial charge < -0.3 is 11.1 Å². The summed E-state index contributed by atoms with van der Waals surface area (Å²) in [6.45, 7) is 1.93. The zero-order valence-electron chi connectivity index (χ0n) is 8.67. The monoisotopic (exact) mass is 231 g/mol. The van der Waals surface area contributed by atoms with Crippen molar-refractivity contribution in [2.45, 2.75) is 31.6 Å². The summed E-state index contributed by atoms with van der Waals surface area (Å²) in [6.07, 6.45) is -3.83. The molecule has 0 amide bonds. The number of anilines is 1. The number of alkyl halides is 3. The van der Waals surface area contributed by atoms with Gasteiger partial charge in [-0.3, -0.25) is 0 Å². The molecule has 0 spiro atoms. The first-order chi connectivity index (χ1) is 7.38. The van der Waals surface area contributed by atoms with E-state index in [-0.39, 0.29) is 6.04 Å². The van der Waals surface area contributed by atoms with Gasteiger partial charge in [0.15, 0.2) is 0 Å². The van der Waals surface area contributed by atoms with Crippen LogP contribution in [-0.2, 0) is 6.18 Å². The van der Waals surface area contributed by atoms with E-state index in [2.05, 4.69) is 10.3 Å². The second kappa shape index (κ2) is 3.62. The van der Waals surface area contributed by atoms with E-state index < -0.39 is 17.9 Å². The van der Waals surface area contributed by atoms with Crippen LogP contribution in [0.2, 0.25) is 0 Å². The van der Waals surface area contributed by atoms with Crippen molar-refractivity contribution in [1.29, 1.82) is 0 Å². The number of pyridine rings is 1. The predicted octanol–water partition coefficient (Wildman–Crippen LogP) is 2.30. The topological polar surface area (TPSA) is 50.9 Å². The fraction of sp³-hybridized carbons (Fsp3) is 0.500. The highest BCUT2D eigenvalue weighted by Gasteiger charge is 2.34. The molecule has 3 N–H and O–H groups in total. The molecular formula is C10H12F3N3. The third-order valence-electron chi connectivity index (χ3n) is 2.58. The highest BCUT2D eigenvalue weighted by molar-refractivity contribution is 5.52. The van der Waals surface area contributed by atoms with Gasteiger partial charge in [-0.1, -0.05) is 0 Å². The quantitative estimate of drug-likeness (QED) is 0.720. The van der Waals surface area contributed by atoms with E-state index in [0.29, 0.717) is 17.8 Å². The number of rotatable bonds is 0. The minimum absolute atomic E-state index is 0.154. The fourth-order valence-corrected chi connectivity index (χ4v) is 1.85. The van der Waals surface area contributed by atoms with E-state index in [0.717, 1.165) is 6.07 Å². The molecule has 0 fully saturated rings. The van der Waals surface area contributed by atoms with Crippen LogP contribution in [0, 0.1) is 0 Å². The van der Waals surface area contributed by atoms with Crippen LogP contribution in [0.15, 0.2) is 12.1 Å². The molecule has 0 saturated heterocycles.